The summed E-state index contributed by atoms with van der Waals surface area (Å²) in [5.74, 6) is 0.354. The molecule has 4 nitrogen and oxygen atoms in total. The molecule has 6 heteroatoms. The van der Waals surface area contributed by atoms with E-state index >= 15 is 0 Å². The van der Waals surface area contributed by atoms with E-state index in [1.54, 1.807) is 0 Å². The molecule has 0 aliphatic carbocycles. The molecule has 0 aliphatic heterocycles. The van der Waals surface area contributed by atoms with Gasteiger partial charge >= 0.3 is 0 Å². The van der Waals surface area contributed by atoms with Gasteiger partial charge in [0.15, 0.2) is 0 Å². The molecule has 2 rings (SSSR count). The third kappa shape index (κ3) is 5.62. The van der Waals surface area contributed by atoms with Crippen LogP contribution >= 0.6 is 0 Å². The third-order valence-electron chi connectivity index (χ3n) is 3.33. The van der Waals surface area contributed by atoms with Crippen molar-refractivity contribution in [3.05, 3.63) is 59.9 Å². The van der Waals surface area contributed by atoms with Crippen molar-refractivity contribution in [3.63, 3.8) is 0 Å². The number of hydrogen-bond acceptors (Lipinski definition) is 3. The molecule has 0 bridgehead atoms. The van der Waals surface area contributed by atoms with E-state index in [1.807, 2.05) is 38.1 Å². The molecule has 0 spiro atoms. The molecule has 0 heterocycles. The summed E-state index contributed by atoms with van der Waals surface area (Å²) < 4.78 is 45.2. The summed E-state index contributed by atoms with van der Waals surface area (Å²) in [5.41, 5.74) is 1.09. The molecule has 0 saturated heterocycles. The van der Waals surface area contributed by atoms with E-state index < -0.39 is 15.8 Å². The van der Waals surface area contributed by atoms with Gasteiger partial charge in [-0.25, -0.2) is 17.5 Å². The van der Waals surface area contributed by atoms with Crippen molar-refractivity contribution in [1.82, 2.24) is 4.72 Å². The van der Waals surface area contributed by atoms with Gasteiger partial charge < -0.3 is 4.74 Å². The number of halogens is 1. The molecular weight excluding hydrogens is 329 g/mol. The van der Waals surface area contributed by atoms with E-state index in [9.17, 15) is 12.8 Å². The van der Waals surface area contributed by atoms with Gasteiger partial charge in [-0.2, -0.15) is 0 Å². The van der Waals surface area contributed by atoms with Crippen LogP contribution in [-0.2, 0) is 16.4 Å². The SMILES string of the molecule is CC(C)Oc1cccc(CCCNS(=O)(=O)c2ccc(F)cc2)c1. The molecule has 0 unspecified atom stereocenters. The lowest BCUT2D eigenvalue weighted by molar-refractivity contribution is 0.242. The largest absolute Gasteiger partial charge is 0.491 e. The van der Waals surface area contributed by atoms with Gasteiger partial charge in [-0.05, 0) is 68.7 Å². The third-order valence-corrected chi connectivity index (χ3v) is 4.81. The van der Waals surface area contributed by atoms with Gasteiger partial charge in [0.1, 0.15) is 11.6 Å². The Hall–Kier alpha value is -1.92. The molecule has 0 aliphatic rings. The van der Waals surface area contributed by atoms with E-state index in [-0.39, 0.29) is 11.0 Å². The normalized spacial score (nSPS) is 11.7. The van der Waals surface area contributed by atoms with E-state index in [4.69, 9.17) is 4.74 Å². The highest BCUT2D eigenvalue weighted by Crippen LogP contribution is 2.16. The first-order valence-corrected chi connectivity index (χ1v) is 9.36. The maximum atomic E-state index is 12.9. The Balaban J connectivity index is 1.85. The minimum absolute atomic E-state index is 0.0660. The number of ether oxygens (including phenoxy) is 1. The Morgan fingerprint density at radius 1 is 1.12 bits per heavy atom. The highest BCUT2D eigenvalue weighted by Gasteiger charge is 2.12. The van der Waals surface area contributed by atoms with E-state index in [1.165, 1.54) is 12.1 Å². The number of nitrogens with one attached hydrogen (secondary N) is 1. The van der Waals surface area contributed by atoms with Crippen LogP contribution in [0.3, 0.4) is 0 Å². The number of aryl methyl sites for hydroxylation is 1. The highest BCUT2D eigenvalue weighted by molar-refractivity contribution is 7.89. The van der Waals surface area contributed by atoms with Crippen molar-refractivity contribution < 1.29 is 17.5 Å². The lowest BCUT2D eigenvalue weighted by atomic mass is 10.1. The van der Waals surface area contributed by atoms with Crippen LogP contribution in [0.4, 0.5) is 4.39 Å². The maximum absolute atomic E-state index is 12.9. The van der Waals surface area contributed by atoms with Crippen molar-refractivity contribution in [2.24, 2.45) is 0 Å². The number of rotatable bonds is 8. The molecule has 0 aromatic heterocycles. The second-order valence-corrected chi connectivity index (χ2v) is 7.54. The van der Waals surface area contributed by atoms with E-state index in [2.05, 4.69) is 4.72 Å². The summed E-state index contributed by atoms with van der Waals surface area (Å²) in [5, 5.41) is 0. The summed E-state index contributed by atoms with van der Waals surface area (Å²) in [6.45, 7) is 4.25. The zero-order valence-corrected chi connectivity index (χ0v) is 14.6. The second kappa shape index (κ2) is 8.26. The Bertz CT molecular complexity index is 758. The lowest BCUT2D eigenvalue weighted by Gasteiger charge is -2.11. The van der Waals surface area contributed by atoms with Gasteiger partial charge in [0, 0.05) is 6.54 Å². The molecule has 0 radical (unpaired) electrons. The fourth-order valence-corrected chi connectivity index (χ4v) is 3.32. The highest BCUT2D eigenvalue weighted by atomic mass is 32.2. The first kappa shape index (κ1) is 18.4. The van der Waals surface area contributed by atoms with Crippen molar-refractivity contribution in [2.75, 3.05) is 6.54 Å². The Morgan fingerprint density at radius 2 is 1.83 bits per heavy atom. The van der Waals surface area contributed by atoms with Crippen molar-refractivity contribution >= 4 is 10.0 Å². The predicted octanol–water partition coefficient (Wildman–Crippen LogP) is 3.52. The van der Waals surface area contributed by atoms with Crippen LogP contribution in [0.1, 0.15) is 25.8 Å². The van der Waals surface area contributed by atoms with Crippen LogP contribution in [0, 0.1) is 5.82 Å². The van der Waals surface area contributed by atoms with Gasteiger partial charge in [0.05, 0.1) is 11.0 Å². The zero-order chi connectivity index (χ0) is 17.6. The van der Waals surface area contributed by atoms with Gasteiger partial charge in [-0.1, -0.05) is 12.1 Å². The molecule has 1 N–H and O–H groups in total. The maximum Gasteiger partial charge on any atom is 0.240 e. The standard InChI is InChI=1S/C18H22FNO3S/c1-14(2)23-17-7-3-5-15(13-17)6-4-12-20-24(21,22)18-10-8-16(19)9-11-18/h3,5,7-11,13-14,20H,4,6,12H2,1-2H3. The molecular formula is C18H22FNO3S. The monoisotopic (exact) mass is 351 g/mol. The first-order chi connectivity index (χ1) is 11.4. The number of sulfonamides is 1. The average molecular weight is 351 g/mol. The molecule has 0 fully saturated rings. The fourth-order valence-electron chi connectivity index (χ4n) is 2.24. The molecule has 2 aromatic carbocycles. The smallest absolute Gasteiger partial charge is 0.240 e. The van der Waals surface area contributed by atoms with E-state index in [0.717, 1.165) is 29.9 Å². The quantitative estimate of drug-likeness (QED) is 0.740. The minimum atomic E-state index is -3.60. The summed E-state index contributed by atoms with van der Waals surface area (Å²) >= 11 is 0. The minimum Gasteiger partial charge on any atom is -0.491 e. The molecule has 0 saturated carbocycles. The molecule has 130 valence electrons. The fraction of sp³-hybridized carbons (Fsp3) is 0.333. The van der Waals surface area contributed by atoms with Crippen LogP contribution in [0.5, 0.6) is 5.75 Å². The van der Waals surface area contributed by atoms with Crippen LogP contribution < -0.4 is 9.46 Å². The van der Waals surface area contributed by atoms with Crippen molar-refractivity contribution in [3.8, 4) is 5.75 Å². The van der Waals surface area contributed by atoms with Gasteiger partial charge in [-0.3, -0.25) is 0 Å². The van der Waals surface area contributed by atoms with Gasteiger partial charge in [0.2, 0.25) is 10.0 Å². The van der Waals surface area contributed by atoms with Crippen molar-refractivity contribution in [2.45, 2.75) is 37.7 Å². The van der Waals surface area contributed by atoms with Crippen molar-refractivity contribution in [1.29, 1.82) is 0 Å². The summed E-state index contributed by atoms with van der Waals surface area (Å²) in [6, 6.07) is 12.6. The zero-order valence-electron chi connectivity index (χ0n) is 13.8. The Morgan fingerprint density at radius 3 is 2.50 bits per heavy atom. The first-order valence-electron chi connectivity index (χ1n) is 7.87. The van der Waals surface area contributed by atoms with Crippen LogP contribution in [0.2, 0.25) is 0 Å². The second-order valence-electron chi connectivity index (χ2n) is 5.77. The summed E-state index contributed by atoms with van der Waals surface area (Å²) in [6.07, 6.45) is 1.51. The Labute approximate surface area is 142 Å². The van der Waals surface area contributed by atoms with Crippen LogP contribution in [0.15, 0.2) is 53.4 Å². The molecule has 0 atom stereocenters. The summed E-state index contributed by atoms with van der Waals surface area (Å²) in [4.78, 5) is 0.0660. The number of benzene rings is 2. The topological polar surface area (TPSA) is 55.4 Å². The van der Waals surface area contributed by atoms with Crippen LogP contribution in [-0.4, -0.2) is 21.1 Å². The molecule has 2 aromatic rings. The van der Waals surface area contributed by atoms with E-state index in [0.29, 0.717) is 13.0 Å². The Kier molecular flexibility index (Phi) is 6.34. The predicted molar refractivity (Wildman–Crippen MR) is 92.1 cm³/mol. The van der Waals surface area contributed by atoms with Gasteiger partial charge in [0.25, 0.3) is 0 Å². The van der Waals surface area contributed by atoms with Crippen LogP contribution in [0.25, 0.3) is 0 Å². The average Bonchev–Trinajstić information content (AvgIpc) is 2.52. The van der Waals surface area contributed by atoms with Gasteiger partial charge in [-0.15, -0.1) is 0 Å². The summed E-state index contributed by atoms with van der Waals surface area (Å²) in [7, 11) is -3.60. The molecule has 24 heavy (non-hydrogen) atoms. The number of hydrogen-bond donors (Lipinski definition) is 1. The lowest BCUT2D eigenvalue weighted by Crippen LogP contribution is -2.25. The molecule has 0 amide bonds.